The summed E-state index contributed by atoms with van der Waals surface area (Å²) >= 11 is 6.21. The maximum atomic E-state index is 6.21. The maximum absolute atomic E-state index is 6.21. The normalized spacial score (nSPS) is 11.2. The van der Waals surface area contributed by atoms with Crippen LogP contribution in [0.5, 0.6) is 5.75 Å². The Bertz CT molecular complexity index is 492. The van der Waals surface area contributed by atoms with Gasteiger partial charge in [-0.05, 0) is 37.5 Å². The van der Waals surface area contributed by atoms with Crippen LogP contribution in [0.3, 0.4) is 0 Å². The number of nitrogens with one attached hydrogen (secondary N) is 2. The molecule has 0 saturated heterocycles. The molecule has 22 heavy (non-hydrogen) atoms. The number of benzene rings is 1. The zero-order valence-electron chi connectivity index (χ0n) is 13.4. The zero-order chi connectivity index (χ0) is 15.5. The van der Waals surface area contributed by atoms with Crippen molar-refractivity contribution in [3.05, 3.63) is 40.9 Å². The van der Waals surface area contributed by atoms with Crippen LogP contribution in [0.25, 0.3) is 0 Å². The first-order valence-electron chi connectivity index (χ1n) is 7.09. The Labute approximate surface area is 155 Å². The summed E-state index contributed by atoms with van der Waals surface area (Å²) in [4.78, 5) is 4.18. The molecule has 0 radical (unpaired) electrons. The maximum Gasteiger partial charge on any atom is 0.190 e. The summed E-state index contributed by atoms with van der Waals surface area (Å²) in [7, 11) is 3.40. The highest BCUT2D eigenvalue weighted by Crippen LogP contribution is 2.22. The standard InChI is InChI=1S/C16H24ClN3O.HI/c1-4-5-6-10-19-16(18-2)20-11-9-13-7-8-14(21-3)12-15(13)17;/h4-5,7-8,12H,6,9-11H2,1-3H3,(H2,18,19,20);1H/b5-4+;. The van der Waals surface area contributed by atoms with Crippen LogP contribution in [0.4, 0.5) is 0 Å². The monoisotopic (exact) mass is 437 g/mol. The van der Waals surface area contributed by atoms with E-state index in [9.17, 15) is 0 Å². The lowest BCUT2D eigenvalue weighted by Gasteiger charge is -2.12. The number of hydrogen-bond donors (Lipinski definition) is 2. The van der Waals surface area contributed by atoms with Crippen molar-refractivity contribution < 1.29 is 4.74 Å². The van der Waals surface area contributed by atoms with Gasteiger partial charge in [0.15, 0.2) is 5.96 Å². The zero-order valence-corrected chi connectivity index (χ0v) is 16.4. The van der Waals surface area contributed by atoms with Crippen molar-refractivity contribution >= 4 is 41.5 Å². The second kappa shape index (κ2) is 12.6. The second-order valence-corrected chi connectivity index (χ2v) is 4.90. The van der Waals surface area contributed by atoms with Gasteiger partial charge in [0, 0.05) is 25.2 Å². The van der Waals surface area contributed by atoms with Crippen LogP contribution in [-0.2, 0) is 6.42 Å². The summed E-state index contributed by atoms with van der Waals surface area (Å²) in [5.41, 5.74) is 1.09. The van der Waals surface area contributed by atoms with Crippen molar-refractivity contribution in [2.24, 2.45) is 4.99 Å². The third-order valence-electron chi connectivity index (χ3n) is 3.01. The number of guanidine groups is 1. The lowest BCUT2D eigenvalue weighted by Crippen LogP contribution is -2.38. The van der Waals surface area contributed by atoms with Crippen LogP contribution < -0.4 is 15.4 Å². The summed E-state index contributed by atoms with van der Waals surface area (Å²) in [6, 6.07) is 5.75. The van der Waals surface area contributed by atoms with Gasteiger partial charge in [-0.3, -0.25) is 4.99 Å². The van der Waals surface area contributed by atoms with E-state index >= 15 is 0 Å². The molecule has 0 spiro atoms. The fourth-order valence-electron chi connectivity index (χ4n) is 1.83. The predicted molar refractivity (Wildman–Crippen MR) is 106 cm³/mol. The van der Waals surface area contributed by atoms with E-state index in [4.69, 9.17) is 16.3 Å². The van der Waals surface area contributed by atoms with Crippen LogP contribution >= 0.6 is 35.6 Å². The first kappa shape index (κ1) is 21.0. The Morgan fingerprint density at radius 2 is 2.05 bits per heavy atom. The van der Waals surface area contributed by atoms with Gasteiger partial charge >= 0.3 is 0 Å². The third-order valence-corrected chi connectivity index (χ3v) is 3.36. The third kappa shape index (κ3) is 7.89. The van der Waals surface area contributed by atoms with Gasteiger partial charge in [0.1, 0.15) is 5.75 Å². The quantitative estimate of drug-likeness (QED) is 0.225. The lowest BCUT2D eigenvalue weighted by molar-refractivity contribution is 0.414. The molecule has 0 aromatic heterocycles. The Morgan fingerprint density at radius 1 is 1.32 bits per heavy atom. The van der Waals surface area contributed by atoms with Gasteiger partial charge in [-0.1, -0.05) is 29.8 Å². The lowest BCUT2D eigenvalue weighted by atomic mass is 10.1. The number of hydrogen-bond acceptors (Lipinski definition) is 2. The highest BCUT2D eigenvalue weighted by Gasteiger charge is 2.03. The van der Waals surface area contributed by atoms with E-state index in [-0.39, 0.29) is 24.0 Å². The van der Waals surface area contributed by atoms with Crippen LogP contribution in [0.15, 0.2) is 35.3 Å². The number of nitrogens with zero attached hydrogens (tertiary/aromatic N) is 1. The molecule has 6 heteroatoms. The molecule has 2 N–H and O–H groups in total. The minimum atomic E-state index is 0. The number of methoxy groups -OCH3 is 1. The fraction of sp³-hybridized carbons (Fsp3) is 0.438. The van der Waals surface area contributed by atoms with Crippen molar-refractivity contribution in [2.75, 3.05) is 27.2 Å². The molecule has 124 valence electrons. The van der Waals surface area contributed by atoms with Crippen LogP contribution in [0.1, 0.15) is 18.9 Å². The molecule has 0 bridgehead atoms. The van der Waals surface area contributed by atoms with E-state index in [0.717, 1.165) is 48.2 Å². The largest absolute Gasteiger partial charge is 0.497 e. The molecule has 0 saturated carbocycles. The minimum Gasteiger partial charge on any atom is -0.497 e. The van der Waals surface area contributed by atoms with Gasteiger partial charge in [-0.2, -0.15) is 0 Å². The van der Waals surface area contributed by atoms with Gasteiger partial charge in [0.05, 0.1) is 7.11 Å². The molecule has 0 heterocycles. The van der Waals surface area contributed by atoms with Crippen LogP contribution in [0, 0.1) is 0 Å². The van der Waals surface area contributed by atoms with Gasteiger partial charge in [0.2, 0.25) is 0 Å². The SMILES string of the molecule is C/C=C/CCNC(=NC)NCCc1ccc(OC)cc1Cl.I. The molecule has 0 aliphatic heterocycles. The van der Waals surface area contributed by atoms with E-state index in [0.29, 0.717) is 0 Å². The van der Waals surface area contributed by atoms with Crippen molar-refractivity contribution in [3.8, 4) is 5.75 Å². The number of rotatable bonds is 7. The number of ether oxygens (including phenoxy) is 1. The molecule has 0 atom stereocenters. The molecule has 0 fully saturated rings. The van der Waals surface area contributed by atoms with Crippen molar-refractivity contribution in [1.82, 2.24) is 10.6 Å². The first-order valence-corrected chi connectivity index (χ1v) is 7.47. The molecule has 1 rings (SSSR count). The summed E-state index contributed by atoms with van der Waals surface area (Å²) in [6.45, 7) is 3.66. The topological polar surface area (TPSA) is 45.7 Å². The van der Waals surface area contributed by atoms with Gasteiger partial charge in [0.25, 0.3) is 0 Å². The smallest absolute Gasteiger partial charge is 0.190 e. The first-order chi connectivity index (χ1) is 10.2. The van der Waals surface area contributed by atoms with E-state index < -0.39 is 0 Å². The Balaban J connectivity index is 0.00000441. The van der Waals surface area contributed by atoms with Gasteiger partial charge < -0.3 is 15.4 Å². The molecule has 0 aliphatic rings. The summed E-state index contributed by atoms with van der Waals surface area (Å²) < 4.78 is 5.14. The summed E-state index contributed by atoms with van der Waals surface area (Å²) in [6.07, 6.45) is 5.99. The number of halogens is 2. The van der Waals surface area contributed by atoms with Crippen LogP contribution in [-0.4, -0.2) is 33.2 Å². The average molecular weight is 438 g/mol. The second-order valence-electron chi connectivity index (χ2n) is 4.49. The molecular weight excluding hydrogens is 413 g/mol. The molecule has 0 unspecified atom stereocenters. The van der Waals surface area contributed by atoms with E-state index in [1.165, 1.54) is 0 Å². The van der Waals surface area contributed by atoms with Gasteiger partial charge in [-0.25, -0.2) is 0 Å². The number of aliphatic imine (C=N–C) groups is 1. The minimum absolute atomic E-state index is 0. The van der Waals surface area contributed by atoms with E-state index in [2.05, 4.69) is 21.7 Å². The average Bonchev–Trinajstić information content (AvgIpc) is 2.51. The van der Waals surface area contributed by atoms with Crippen molar-refractivity contribution in [1.29, 1.82) is 0 Å². The highest BCUT2D eigenvalue weighted by atomic mass is 127. The Kier molecular flexibility index (Phi) is 12.0. The molecule has 1 aromatic carbocycles. The number of allylic oxidation sites excluding steroid dienone is 1. The van der Waals surface area contributed by atoms with Crippen molar-refractivity contribution in [2.45, 2.75) is 19.8 Å². The highest BCUT2D eigenvalue weighted by molar-refractivity contribution is 14.0. The molecule has 0 aliphatic carbocycles. The van der Waals surface area contributed by atoms with Crippen molar-refractivity contribution in [3.63, 3.8) is 0 Å². The predicted octanol–water partition coefficient (Wildman–Crippen LogP) is 3.64. The fourth-order valence-corrected chi connectivity index (χ4v) is 2.10. The Morgan fingerprint density at radius 3 is 2.64 bits per heavy atom. The molecule has 1 aromatic rings. The Hall–Kier alpha value is -0.950. The van der Waals surface area contributed by atoms with E-state index in [1.54, 1.807) is 14.2 Å². The van der Waals surface area contributed by atoms with Gasteiger partial charge in [-0.15, -0.1) is 24.0 Å². The molecular formula is C16H25ClIN3O. The summed E-state index contributed by atoms with van der Waals surface area (Å²) in [5.74, 6) is 1.59. The van der Waals surface area contributed by atoms with Crippen LogP contribution in [0.2, 0.25) is 5.02 Å². The molecule has 4 nitrogen and oxygen atoms in total. The summed E-state index contributed by atoms with van der Waals surface area (Å²) in [5, 5.41) is 7.26. The van der Waals surface area contributed by atoms with E-state index in [1.807, 2.05) is 31.2 Å². The molecule has 0 amide bonds.